The standard InChI is InChI=1S/C15H19N3O2/c1-18(13-7-8-17-11-12(13)16)9-10-20-15-6-4-3-5-14(15)19-2/h3-8,11H,9-10,16H2,1-2H3. The zero-order valence-corrected chi connectivity index (χ0v) is 11.7. The first kappa shape index (κ1) is 14.0. The van der Waals surface area contributed by atoms with Crippen LogP contribution >= 0.6 is 0 Å². The van der Waals surface area contributed by atoms with Crippen LogP contribution in [0.1, 0.15) is 0 Å². The van der Waals surface area contributed by atoms with Crippen molar-refractivity contribution in [2.24, 2.45) is 0 Å². The van der Waals surface area contributed by atoms with Gasteiger partial charge in [0, 0.05) is 13.2 Å². The summed E-state index contributed by atoms with van der Waals surface area (Å²) in [5, 5.41) is 0. The van der Waals surface area contributed by atoms with Crippen molar-refractivity contribution in [2.75, 3.05) is 37.9 Å². The minimum absolute atomic E-state index is 0.540. The van der Waals surface area contributed by atoms with Crippen molar-refractivity contribution in [1.29, 1.82) is 0 Å². The van der Waals surface area contributed by atoms with E-state index >= 15 is 0 Å². The molecule has 0 aliphatic rings. The summed E-state index contributed by atoms with van der Waals surface area (Å²) in [6.45, 7) is 1.25. The predicted octanol–water partition coefficient (Wildman–Crippen LogP) is 2.19. The van der Waals surface area contributed by atoms with Crippen LogP contribution in [0.4, 0.5) is 11.4 Å². The number of likely N-dealkylation sites (N-methyl/N-ethyl adjacent to an activating group) is 1. The Morgan fingerprint density at radius 1 is 1.20 bits per heavy atom. The summed E-state index contributed by atoms with van der Waals surface area (Å²) in [6.07, 6.45) is 3.37. The van der Waals surface area contributed by atoms with Crippen LogP contribution in [0.2, 0.25) is 0 Å². The number of hydrogen-bond donors (Lipinski definition) is 1. The summed E-state index contributed by atoms with van der Waals surface area (Å²) in [5.74, 6) is 1.48. The highest BCUT2D eigenvalue weighted by atomic mass is 16.5. The molecule has 0 aliphatic carbocycles. The van der Waals surface area contributed by atoms with Gasteiger partial charge in [0.25, 0.3) is 0 Å². The van der Waals surface area contributed by atoms with E-state index in [4.69, 9.17) is 15.2 Å². The van der Waals surface area contributed by atoms with E-state index in [-0.39, 0.29) is 0 Å². The molecule has 0 unspecified atom stereocenters. The zero-order valence-electron chi connectivity index (χ0n) is 11.7. The third-order valence-corrected chi connectivity index (χ3v) is 2.99. The lowest BCUT2D eigenvalue weighted by Gasteiger charge is -2.21. The predicted molar refractivity (Wildman–Crippen MR) is 80.4 cm³/mol. The number of methoxy groups -OCH3 is 1. The van der Waals surface area contributed by atoms with E-state index in [0.717, 1.165) is 17.2 Å². The van der Waals surface area contributed by atoms with Gasteiger partial charge < -0.3 is 20.1 Å². The lowest BCUT2D eigenvalue weighted by Crippen LogP contribution is -2.24. The molecule has 0 aliphatic heterocycles. The van der Waals surface area contributed by atoms with E-state index < -0.39 is 0 Å². The number of nitrogen functional groups attached to an aromatic ring is 1. The summed E-state index contributed by atoms with van der Waals surface area (Å²) < 4.78 is 11.0. The molecule has 0 atom stereocenters. The summed E-state index contributed by atoms with van der Waals surface area (Å²) in [7, 11) is 3.60. The highest BCUT2D eigenvalue weighted by molar-refractivity contribution is 5.65. The van der Waals surface area contributed by atoms with Gasteiger partial charge in [-0.1, -0.05) is 12.1 Å². The number of nitrogens with two attached hydrogens (primary N) is 1. The van der Waals surface area contributed by atoms with Crippen LogP contribution in [0.5, 0.6) is 11.5 Å². The van der Waals surface area contributed by atoms with Crippen molar-refractivity contribution >= 4 is 11.4 Å². The quantitative estimate of drug-likeness (QED) is 0.874. The molecule has 1 aromatic carbocycles. The molecule has 1 heterocycles. The molecule has 1 aromatic heterocycles. The fourth-order valence-corrected chi connectivity index (χ4v) is 1.90. The van der Waals surface area contributed by atoms with Crippen LogP contribution in [0, 0.1) is 0 Å². The van der Waals surface area contributed by atoms with Gasteiger partial charge in [-0.3, -0.25) is 4.98 Å². The SMILES string of the molecule is COc1ccccc1OCCN(C)c1ccncc1N. The molecule has 0 amide bonds. The Hall–Kier alpha value is -2.43. The molecule has 0 saturated heterocycles. The van der Waals surface area contributed by atoms with Crippen molar-refractivity contribution in [3.63, 3.8) is 0 Å². The van der Waals surface area contributed by atoms with Crippen molar-refractivity contribution in [2.45, 2.75) is 0 Å². The third-order valence-electron chi connectivity index (χ3n) is 2.99. The minimum Gasteiger partial charge on any atom is -0.493 e. The number of aromatic nitrogens is 1. The van der Waals surface area contributed by atoms with E-state index in [1.807, 2.05) is 42.3 Å². The Kier molecular flexibility index (Phi) is 4.65. The molecular weight excluding hydrogens is 254 g/mol. The molecule has 106 valence electrons. The van der Waals surface area contributed by atoms with Crippen molar-refractivity contribution in [3.8, 4) is 11.5 Å². The molecule has 0 bridgehead atoms. The van der Waals surface area contributed by atoms with Gasteiger partial charge in [0.1, 0.15) is 6.61 Å². The smallest absolute Gasteiger partial charge is 0.161 e. The van der Waals surface area contributed by atoms with E-state index in [1.165, 1.54) is 0 Å². The van der Waals surface area contributed by atoms with Crippen LogP contribution in [-0.4, -0.2) is 32.3 Å². The molecular formula is C15H19N3O2. The molecule has 0 spiro atoms. The number of nitrogens with zero attached hydrogens (tertiary/aromatic N) is 2. The molecule has 2 rings (SSSR count). The molecule has 5 nitrogen and oxygen atoms in total. The lowest BCUT2D eigenvalue weighted by molar-refractivity contribution is 0.301. The molecule has 5 heteroatoms. The Morgan fingerprint density at radius 2 is 1.95 bits per heavy atom. The number of hydrogen-bond acceptors (Lipinski definition) is 5. The van der Waals surface area contributed by atoms with Crippen LogP contribution in [0.3, 0.4) is 0 Å². The third kappa shape index (κ3) is 3.32. The van der Waals surface area contributed by atoms with Gasteiger partial charge >= 0.3 is 0 Å². The maximum atomic E-state index is 5.88. The van der Waals surface area contributed by atoms with Crippen LogP contribution in [-0.2, 0) is 0 Å². The molecule has 0 saturated carbocycles. The number of pyridine rings is 1. The van der Waals surface area contributed by atoms with E-state index in [2.05, 4.69) is 4.98 Å². The fraction of sp³-hybridized carbons (Fsp3) is 0.267. The normalized spacial score (nSPS) is 10.1. The fourth-order valence-electron chi connectivity index (χ4n) is 1.90. The van der Waals surface area contributed by atoms with E-state index in [0.29, 0.717) is 18.8 Å². The zero-order chi connectivity index (χ0) is 14.4. The van der Waals surface area contributed by atoms with E-state index in [1.54, 1.807) is 19.5 Å². The van der Waals surface area contributed by atoms with E-state index in [9.17, 15) is 0 Å². The van der Waals surface area contributed by atoms with Gasteiger partial charge in [-0.2, -0.15) is 0 Å². The second-order valence-corrected chi connectivity index (χ2v) is 4.36. The molecule has 2 N–H and O–H groups in total. The maximum Gasteiger partial charge on any atom is 0.161 e. The first-order chi connectivity index (χ1) is 9.72. The molecule has 20 heavy (non-hydrogen) atoms. The Labute approximate surface area is 118 Å². The highest BCUT2D eigenvalue weighted by Gasteiger charge is 2.06. The summed E-state index contributed by atoms with van der Waals surface area (Å²) in [5.41, 5.74) is 7.49. The second kappa shape index (κ2) is 6.65. The van der Waals surface area contributed by atoms with Gasteiger partial charge in [-0.25, -0.2) is 0 Å². The van der Waals surface area contributed by atoms with Gasteiger partial charge in [0.15, 0.2) is 11.5 Å². The monoisotopic (exact) mass is 273 g/mol. The Balaban J connectivity index is 1.91. The van der Waals surface area contributed by atoms with Crippen molar-refractivity contribution in [1.82, 2.24) is 4.98 Å². The number of benzene rings is 1. The number of para-hydroxylation sites is 2. The lowest BCUT2D eigenvalue weighted by atomic mass is 10.3. The summed E-state index contributed by atoms with van der Waals surface area (Å²) >= 11 is 0. The summed E-state index contributed by atoms with van der Waals surface area (Å²) in [6, 6.07) is 9.48. The van der Waals surface area contributed by atoms with Crippen molar-refractivity contribution < 1.29 is 9.47 Å². The largest absolute Gasteiger partial charge is 0.493 e. The first-order valence-corrected chi connectivity index (χ1v) is 6.39. The van der Waals surface area contributed by atoms with Gasteiger partial charge in [-0.05, 0) is 18.2 Å². The van der Waals surface area contributed by atoms with Crippen molar-refractivity contribution in [3.05, 3.63) is 42.7 Å². The molecule has 0 fully saturated rings. The summed E-state index contributed by atoms with van der Waals surface area (Å²) in [4.78, 5) is 6.01. The maximum absolute atomic E-state index is 5.88. The average Bonchev–Trinajstić information content (AvgIpc) is 2.48. The number of rotatable bonds is 6. The Morgan fingerprint density at radius 3 is 2.65 bits per heavy atom. The second-order valence-electron chi connectivity index (χ2n) is 4.36. The van der Waals surface area contributed by atoms with Crippen LogP contribution in [0.15, 0.2) is 42.7 Å². The van der Waals surface area contributed by atoms with Crippen LogP contribution < -0.4 is 20.1 Å². The topological polar surface area (TPSA) is 60.6 Å². The Bertz CT molecular complexity index is 560. The molecule has 0 radical (unpaired) electrons. The molecule has 2 aromatic rings. The van der Waals surface area contributed by atoms with Gasteiger partial charge in [0.05, 0.1) is 31.2 Å². The van der Waals surface area contributed by atoms with Gasteiger partial charge in [-0.15, -0.1) is 0 Å². The van der Waals surface area contributed by atoms with Crippen LogP contribution in [0.25, 0.3) is 0 Å². The minimum atomic E-state index is 0.540. The highest BCUT2D eigenvalue weighted by Crippen LogP contribution is 2.26. The number of anilines is 2. The first-order valence-electron chi connectivity index (χ1n) is 6.39. The average molecular weight is 273 g/mol. The van der Waals surface area contributed by atoms with Gasteiger partial charge in [0.2, 0.25) is 0 Å². The number of ether oxygens (including phenoxy) is 2.